The molecule has 0 aliphatic carbocycles. The van der Waals surface area contributed by atoms with Crippen molar-refractivity contribution in [3.63, 3.8) is 0 Å². The summed E-state index contributed by atoms with van der Waals surface area (Å²) in [7, 11) is 0. The quantitative estimate of drug-likeness (QED) is 0.0429. The summed E-state index contributed by atoms with van der Waals surface area (Å²) >= 11 is 0. The molecule has 0 saturated heterocycles. The van der Waals surface area contributed by atoms with Crippen LogP contribution in [0, 0.1) is 0 Å². The Morgan fingerprint density at radius 3 is 0.462 bits per heavy atom. The van der Waals surface area contributed by atoms with Crippen LogP contribution in [0.25, 0.3) is 0 Å². The zero-order chi connectivity index (χ0) is 37.0. The van der Waals surface area contributed by atoms with Gasteiger partial charge in [-0.25, -0.2) is 0 Å². The Morgan fingerprint density at radius 2 is 0.327 bits per heavy atom. The normalized spacial score (nSPS) is 11.8. The third kappa shape index (κ3) is 41.4. The van der Waals surface area contributed by atoms with Crippen molar-refractivity contribution in [1.29, 1.82) is 0 Å². The average molecular weight is 755 g/mol. The maximum atomic E-state index is 2.53. The van der Waals surface area contributed by atoms with Crippen LogP contribution < -0.4 is 12.4 Å². The van der Waals surface area contributed by atoms with Gasteiger partial charge in [-0.1, -0.05) is 252 Å². The summed E-state index contributed by atoms with van der Waals surface area (Å²) < 4.78 is 1.44. The highest BCUT2D eigenvalue weighted by atomic mass is 35.5. The molecular formula is C50H104ClN. The van der Waals surface area contributed by atoms with Gasteiger partial charge in [0.05, 0.1) is 26.2 Å². The van der Waals surface area contributed by atoms with E-state index in [-0.39, 0.29) is 12.4 Å². The zero-order valence-electron chi connectivity index (χ0n) is 37.4. The van der Waals surface area contributed by atoms with Crippen molar-refractivity contribution in [3.8, 4) is 0 Å². The van der Waals surface area contributed by atoms with E-state index in [1.165, 1.54) is 300 Å². The topological polar surface area (TPSA) is 0 Å². The van der Waals surface area contributed by atoms with Crippen molar-refractivity contribution in [2.24, 2.45) is 0 Å². The van der Waals surface area contributed by atoms with Gasteiger partial charge in [0.25, 0.3) is 0 Å². The van der Waals surface area contributed by atoms with E-state index >= 15 is 0 Å². The molecule has 0 aromatic carbocycles. The molecular weight excluding hydrogens is 650 g/mol. The predicted molar refractivity (Wildman–Crippen MR) is 236 cm³/mol. The molecule has 0 bridgehead atoms. The van der Waals surface area contributed by atoms with Crippen molar-refractivity contribution in [2.45, 2.75) is 297 Å². The van der Waals surface area contributed by atoms with E-state index in [2.05, 4.69) is 27.7 Å². The molecule has 0 atom stereocenters. The molecule has 1 nitrogen and oxygen atoms in total. The summed E-state index contributed by atoms with van der Waals surface area (Å²) in [4.78, 5) is 0. The summed E-state index contributed by atoms with van der Waals surface area (Å²) in [6.07, 6.45) is 61.8. The molecule has 0 N–H and O–H groups in total. The number of hydrogen-bond donors (Lipinski definition) is 0. The van der Waals surface area contributed by atoms with Gasteiger partial charge >= 0.3 is 0 Å². The number of nitrogens with zero attached hydrogens (tertiary/aromatic N) is 1. The second kappa shape index (κ2) is 47.4. The van der Waals surface area contributed by atoms with Crippen LogP contribution >= 0.6 is 0 Å². The average Bonchev–Trinajstić information content (AvgIpc) is 3.14. The third-order valence-corrected chi connectivity index (χ3v) is 12.6. The molecule has 0 fully saturated rings. The van der Waals surface area contributed by atoms with Crippen LogP contribution in [0.1, 0.15) is 297 Å². The first-order valence-corrected chi connectivity index (χ1v) is 25.1. The highest BCUT2D eigenvalue weighted by Gasteiger charge is 2.23. The number of unbranched alkanes of at least 4 members (excludes halogenated alkanes) is 39. The molecule has 316 valence electrons. The maximum absolute atomic E-state index is 2.53. The van der Waals surface area contributed by atoms with Crippen LogP contribution in [0.4, 0.5) is 0 Å². The van der Waals surface area contributed by atoms with Crippen molar-refractivity contribution < 1.29 is 16.9 Å². The van der Waals surface area contributed by atoms with Crippen molar-refractivity contribution in [2.75, 3.05) is 26.2 Å². The predicted octanol–water partition coefficient (Wildman–Crippen LogP) is 15.3. The molecule has 0 heterocycles. The molecule has 0 saturated carbocycles. The van der Waals surface area contributed by atoms with Crippen molar-refractivity contribution in [3.05, 3.63) is 0 Å². The fraction of sp³-hybridized carbons (Fsp3) is 1.00. The molecule has 0 rings (SSSR count). The number of quaternary nitrogens is 1. The first kappa shape index (κ1) is 54.4. The van der Waals surface area contributed by atoms with Crippen molar-refractivity contribution in [1.82, 2.24) is 0 Å². The second-order valence-electron chi connectivity index (χ2n) is 17.6. The molecule has 0 amide bonds. The Hall–Kier alpha value is 0.250. The van der Waals surface area contributed by atoms with Gasteiger partial charge < -0.3 is 16.9 Å². The van der Waals surface area contributed by atoms with Crippen molar-refractivity contribution >= 4 is 0 Å². The summed E-state index contributed by atoms with van der Waals surface area (Å²) in [5, 5.41) is 0. The van der Waals surface area contributed by atoms with Gasteiger partial charge in [-0.3, -0.25) is 0 Å². The molecule has 0 radical (unpaired) electrons. The van der Waals surface area contributed by atoms with E-state index in [0.29, 0.717) is 0 Å². The number of hydrogen-bond acceptors (Lipinski definition) is 0. The number of halogens is 1. The van der Waals surface area contributed by atoms with Crippen LogP contribution in [-0.4, -0.2) is 30.7 Å². The minimum absolute atomic E-state index is 0. The van der Waals surface area contributed by atoms with Crippen LogP contribution in [0.5, 0.6) is 0 Å². The van der Waals surface area contributed by atoms with Gasteiger partial charge in [-0.15, -0.1) is 0 Å². The highest BCUT2D eigenvalue weighted by Crippen LogP contribution is 2.20. The lowest BCUT2D eigenvalue weighted by atomic mass is 10.0. The van der Waals surface area contributed by atoms with Gasteiger partial charge in [-0.2, -0.15) is 0 Å². The Labute approximate surface area is 339 Å². The highest BCUT2D eigenvalue weighted by molar-refractivity contribution is 4.55. The van der Waals surface area contributed by atoms with Gasteiger partial charge in [0.1, 0.15) is 0 Å². The first-order valence-electron chi connectivity index (χ1n) is 25.1. The fourth-order valence-electron chi connectivity index (χ4n) is 8.74. The first-order chi connectivity index (χ1) is 25.2. The number of rotatable bonds is 46. The SMILES string of the molecule is CCCCCCCCCCCCCCCC[N+](CC)(CCCCCCCCCCCCCCCC)CCCCCCCCCCCCCCCC.[Cl-]. The monoisotopic (exact) mass is 754 g/mol. The Balaban J connectivity index is 0. The van der Waals surface area contributed by atoms with E-state index in [9.17, 15) is 0 Å². The molecule has 0 unspecified atom stereocenters. The molecule has 2 heteroatoms. The van der Waals surface area contributed by atoms with Gasteiger partial charge in [0.15, 0.2) is 0 Å². The summed E-state index contributed by atoms with van der Waals surface area (Å²) in [6, 6.07) is 0. The van der Waals surface area contributed by atoms with Crippen LogP contribution in [0.15, 0.2) is 0 Å². The fourth-order valence-corrected chi connectivity index (χ4v) is 8.74. The van der Waals surface area contributed by atoms with E-state index in [4.69, 9.17) is 0 Å². The Morgan fingerprint density at radius 1 is 0.192 bits per heavy atom. The summed E-state index contributed by atoms with van der Waals surface area (Å²) in [6.45, 7) is 15.3. The smallest absolute Gasteiger partial charge is 0.0786 e. The maximum Gasteiger partial charge on any atom is 0.0786 e. The Bertz CT molecular complexity index is 526. The molecule has 0 aliphatic heterocycles. The standard InChI is InChI=1S/C50H104N.ClH/c1-5-9-12-15-18-21-24-27-30-33-36-39-42-45-48-51(8-4,49-46-43-40-37-34-31-28-25-22-19-16-13-10-6-2)50-47-44-41-38-35-32-29-26-23-20-17-14-11-7-3;/h5-50H2,1-4H3;1H/q+1;/p-1. The minimum Gasteiger partial charge on any atom is -1.00 e. The molecule has 0 aliphatic rings. The van der Waals surface area contributed by atoms with Gasteiger partial charge in [0.2, 0.25) is 0 Å². The van der Waals surface area contributed by atoms with E-state index in [1.54, 1.807) is 0 Å². The zero-order valence-corrected chi connectivity index (χ0v) is 38.1. The second-order valence-corrected chi connectivity index (χ2v) is 17.6. The lowest BCUT2D eigenvalue weighted by Crippen LogP contribution is -3.00. The molecule has 0 aromatic rings. The van der Waals surface area contributed by atoms with Gasteiger partial charge in [-0.05, 0) is 45.4 Å². The van der Waals surface area contributed by atoms with Crippen LogP contribution in [0.2, 0.25) is 0 Å². The molecule has 0 aromatic heterocycles. The van der Waals surface area contributed by atoms with E-state index < -0.39 is 0 Å². The summed E-state index contributed by atoms with van der Waals surface area (Å²) in [5.74, 6) is 0. The minimum atomic E-state index is 0. The Kier molecular flexibility index (Phi) is 49.5. The lowest BCUT2D eigenvalue weighted by molar-refractivity contribution is -0.927. The largest absolute Gasteiger partial charge is 1.00 e. The lowest BCUT2D eigenvalue weighted by Gasteiger charge is -2.38. The molecule has 0 spiro atoms. The molecule has 52 heavy (non-hydrogen) atoms. The summed E-state index contributed by atoms with van der Waals surface area (Å²) in [5.41, 5.74) is 0. The van der Waals surface area contributed by atoms with E-state index in [1.807, 2.05) is 0 Å². The van der Waals surface area contributed by atoms with Gasteiger partial charge in [0, 0.05) is 0 Å². The van der Waals surface area contributed by atoms with Crippen LogP contribution in [0.3, 0.4) is 0 Å². The third-order valence-electron chi connectivity index (χ3n) is 12.6. The van der Waals surface area contributed by atoms with E-state index in [0.717, 1.165) is 0 Å². The van der Waals surface area contributed by atoms with Crippen LogP contribution in [-0.2, 0) is 0 Å².